The van der Waals surface area contributed by atoms with E-state index < -0.39 is 12.1 Å². The second-order valence-electron chi connectivity index (χ2n) is 18.8. The van der Waals surface area contributed by atoms with Crippen molar-refractivity contribution in [1.29, 1.82) is 0 Å². The molecule has 0 aliphatic rings. The summed E-state index contributed by atoms with van der Waals surface area (Å²) in [5.74, 6) is -1.01. The van der Waals surface area contributed by atoms with Crippen LogP contribution in [0.5, 0.6) is 0 Å². The average molecular weight is 984 g/mol. The van der Waals surface area contributed by atoms with Crippen molar-refractivity contribution in [3.05, 3.63) is 122 Å². The fourth-order valence-electron chi connectivity index (χ4n) is 7.69. The Morgan fingerprint density at radius 3 is 0.915 bits per heavy atom. The normalized spacial score (nSPS) is 13.0. The standard InChI is InChI=1S/C65H106O6/c1-4-7-10-13-15-17-19-21-22-23-24-25-26-27-28-29-30-31-32-33-34-35-36-37-38-39-40-41-42-44-45-47-49-52-55-58-64(67)70-61-62(60-69-63(66)57-54-51-12-9-6-3)71-65(68)59-56-53-50-48-46-43-20-18-16-14-11-8-5-2/h7-8,10-11,15-18,21-22,24-25,27-28,30-31,43,46,50,53,62H,4-6,9,12-14,19-20,23,26,29,32-42,44-45,47-49,51-52,54-61H2,1-3H3/b10-7-,11-8-,17-15-,18-16-,22-21-,25-24-,28-27-,31-30-,46-43-,53-50-. The summed E-state index contributed by atoms with van der Waals surface area (Å²) in [6.45, 7) is 6.25. The molecule has 0 saturated carbocycles. The molecule has 0 rings (SSSR count). The topological polar surface area (TPSA) is 78.9 Å². The van der Waals surface area contributed by atoms with Crippen LogP contribution in [0.3, 0.4) is 0 Å². The molecule has 0 aliphatic carbocycles. The molecule has 6 nitrogen and oxygen atoms in total. The zero-order chi connectivity index (χ0) is 51.4. The monoisotopic (exact) mass is 983 g/mol. The molecule has 1 unspecified atom stereocenters. The Morgan fingerprint density at radius 1 is 0.296 bits per heavy atom. The van der Waals surface area contributed by atoms with Crippen molar-refractivity contribution in [3.63, 3.8) is 0 Å². The van der Waals surface area contributed by atoms with Crippen molar-refractivity contribution in [3.8, 4) is 0 Å². The number of hydrogen-bond acceptors (Lipinski definition) is 6. The summed E-state index contributed by atoms with van der Waals surface area (Å²) in [7, 11) is 0. The first-order valence-corrected chi connectivity index (χ1v) is 29.0. The first-order valence-electron chi connectivity index (χ1n) is 29.0. The lowest BCUT2D eigenvalue weighted by Crippen LogP contribution is -2.30. The second kappa shape index (κ2) is 58.4. The SMILES string of the molecule is CC/C=C\C/C=C\C/C=C\C/C=C\C/C=C\C/C=C\CCCCCCCCCCCCCCCCCCC(=O)OCC(COC(=O)CCCCCCC)OC(=O)CC/C=C\C/C=C\C/C=C\C/C=C\CC. The molecule has 71 heavy (non-hydrogen) atoms. The fraction of sp³-hybridized carbons (Fsp3) is 0.646. The molecule has 402 valence electrons. The number of allylic oxidation sites excluding steroid dienone is 20. The number of hydrogen-bond donors (Lipinski definition) is 0. The second-order valence-corrected chi connectivity index (χ2v) is 18.8. The quantitative estimate of drug-likeness (QED) is 0.0261. The van der Waals surface area contributed by atoms with Gasteiger partial charge in [0.15, 0.2) is 6.10 Å². The van der Waals surface area contributed by atoms with Crippen molar-refractivity contribution in [2.75, 3.05) is 13.2 Å². The van der Waals surface area contributed by atoms with E-state index in [1.807, 2.05) is 12.2 Å². The largest absolute Gasteiger partial charge is 0.462 e. The highest BCUT2D eigenvalue weighted by atomic mass is 16.6. The van der Waals surface area contributed by atoms with Gasteiger partial charge in [-0.1, -0.05) is 258 Å². The third-order valence-electron chi connectivity index (χ3n) is 12.0. The number of carbonyl (C=O) groups is 3. The number of ether oxygens (including phenoxy) is 3. The van der Waals surface area contributed by atoms with E-state index in [2.05, 4.69) is 130 Å². The molecule has 0 aromatic rings. The molecule has 0 aliphatic heterocycles. The fourth-order valence-corrected chi connectivity index (χ4v) is 7.69. The van der Waals surface area contributed by atoms with Crippen molar-refractivity contribution in [2.45, 2.75) is 258 Å². The molecular weight excluding hydrogens is 877 g/mol. The van der Waals surface area contributed by atoms with Gasteiger partial charge in [0, 0.05) is 19.3 Å². The van der Waals surface area contributed by atoms with Crippen molar-refractivity contribution >= 4 is 17.9 Å². The minimum absolute atomic E-state index is 0.107. The van der Waals surface area contributed by atoms with E-state index in [0.717, 1.165) is 116 Å². The highest BCUT2D eigenvalue weighted by molar-refractivity contribution is 5.71. The minimum Gasteiger partial charge on any atom is -0.462 e. The zero-order valence-corrected chi connectivity index (χ0v) is 45.9. The molecule has 0 spiro atoms. The maximum absolute atomic E-state index is 12.7. The Labute approximate surface area is 437 Å². The molecule has 0 bridgehead atoms. The summed E-state index contributed by atoms with van der Waals surface area (Å²) in [6, 6.07) is 0. The van der Waals surface area contributed by atoms with Crippen LogP contribution in [0.4, 0.5) is 0 Å². The third-order valence-corrected chi connectivity index (χ3v) is 12.0. The highest BCUT2D eigenvalue weighted by Gasteiger charge is 2.19. The molecule has 0 fully saturated rings. The summed E-state index contributed by atoms with van der Waals surface area (Å²) in [6.07, 6.45) is 81.4. The molecule has 0 aromatic carbocycles. The van der Waals surface area contributed by atoms with Gasteiger partial charge in [0.2, 0.25) is 0 Å². The number of unbranched alkanes of at least 4 members (excludes halogenated alkanes) is 20. The van der Waals surface area contributed by atoms with Crippen LogP contribution in [0.1, 0.15) is 252 Å². The van der Waals surface area contributed by atoms with Crippen LogP contribution in [-0.2, 0) is 28.6 Å². The van der Waals surface area contributed by atoms with Gasteiger partial charge in [-0.3, -0.25) is 14.4 Å². The summed E-state index contributed by atoms with van der Waals surface area (Å²) >= 11 is 0. The molecule has 0 heterocycles. The molecular formula is C65H106O6. The van der Waals surface area contributed by atoms with Gasteiger partial charge in [0.05, 0.1) is 0 Å². The maximum Gasteiger partial charge on any atom is 0.306 e. The van der Waals surface area contributed by atoms with E-state index >= 15 is 0 Å². The summed E-state index contributed by atoms with van der Waals surface area (Å²) in [5, 5.41) is 0. The predicted octanol–water partition coefficient (Wildman–Crippen LogP) is 19.6. The Morgan fingerprint density at radius 2 is 0.577 bits per heavy atom. The van der Waals surface area contributed by atoms with Crippen LogP contribution >= 0.6 is 0 Å². The molecule has 0 radical (unpaired) electrons. The van der Waals surface area contributed by atoms with Crippen molar-refractivity contribution in [2.24, 2.45) is 0 Å². The first-order chi connectivity index (χ1) is 35.0. The lowest BCUT2D eigenvalue weighted by Gasteiger charge is -2.18. The van der Waals surface area contributed by atoms with Crippen molar-refractivity contribution in [1.82, 2.24) is 0 Å². The van der Waals surface area contributed by atoms with Gasteiger partial charge in [-0.2, -0.15) is 0 Å². The predicted molar refractivity (Wildman–Crippen MR) is 306 cm³/mol. The van der Waals surface area contributed by atoms with Crippen LogP contribution in [-0.4, -0.2) is 37.2 Å². The zero-order valence-electron chi connectivity index (χ0n) is 45.9. The van der Waals surface area contributed by atoms with E-state index in [1.165, 1.54) is 89.9 Å². The number of rotatable bonds is 51. The van der Waals surface area contributed by atoms with Crippen LogP contribution in [0.2, 0.25) is 0 Å². The molecule has 0 amide bonds. The first kappa shape index (κ1) is 66.8. The van der Waals surface area contributed by atoms with Gasteiger partial charge in [0.1, 0.15) is 13.2 Å². The van der Waals surface area contributed by atoms with Gasteiger partial charge >= 0.3 is 17.9 Å². The van der Waals surface area contributed by atoms with Gasteiger partial charge in [-0.15, -0.1) is 0 Å². The Balaban J connectivity index is 3.97. The lowest BCUT2D eigenvalue weighted by molar-refractivity contribution is -0.166. The van der Waals surface area contributed by atoms with E-state index in [-0.39, 0.29) is 31.6 Å². The van der Waals surface area contributed by atoms with Crippen molar-refractivity contribution < 1.29 is 28.6 Å². The smallest absolute Gasteiger partial charge is 0.306 e. The number of carbonyl (C=O) groups excluding carboxylic acids is 3. The summed E-state index contributed by atoms with van der Waals surface area (Å²) in [5.41, 5.74) is 0. The van der Waals surface area contributed by atoms with E-state index in [4.69, 9.17) is 14.2 Å². The van der Waals surface area contributed by atoms with Gasteiger partial charge in [0.25, 0.3) is 0 Å². The molecule has 0 saturated heterocycles. The molecule has 0 N–H and O–H groups in total. The highest BCUT2D eigenvalue weighted by Crippen LogP contribution is 2.15. The summed E-state index contributed by atoms with van der Waals surface area (Å²) < 4.78 is 16.6. The number of esters is 3. The van der Waals surface area contributed by atoms with Crippen LogP contribution in [0.15, 0.2) is 122 Å². The van der Waals surface area contributed by atoms with E-state index in [1.54, 1.807) is 0 Å². The molecule has 1 atom stereocenters. The Bertz CT molecular complexity index is 1500. The van der Waals surface area contributed by atoms with Crippen LogP contribution in [0.25, 0.3) is 0 Å². The Hall–Kier alpha value is -4.19. The third kappa shape index (κ3) is 56.6. The van der Waals surface area contributed by atoms with Crippen LogP contribution in [0, 0.1) is 0 Å². The maximum atomic E-state index is 12.7. The van der Waals surface area contributed by atoms with Gasteiger partial charge in [-0.25, -0.2) is 0 Å². The average Bonchev–Trinajstić information content (AvgIpc) is 3.37. The molecule has 6 heteroatoms. The Kier molecular flexibility index (Phi) is 54.9. The van der Waals surface area contributed by atoms with E-state index in [9.17, 15) is 14.4 Å². The van der Waals surface area contributed by atoms with Gasteiger partial charge < -0.3 is 14.2 Å². The molecule has 0 aromatic heterocycles. The lowest BCUT2D eigenvalue weighted by atomic mass is 10.0. The van der Waals surface area contributed by atoms with Gasteiger partial charge in [-0.05, 0) is 96.3 Å². The van der Waals surface area contributed by atoms with Crippen LogP contribution < -0.4 is 0 Å². The minimum atomic E-state index is -0.812. The summed E-state index contributed by atoms with van der Waals surface area (Å²) in [4.78, 5) is 37.6. The van der Waals surface area contributed by atoms with E-state index in [0.29, 0.717) is 19.3 Å².